The minimum absolute atomic E-state index is 0. The molecule has 1 aromatic carbocycles. The Morgan fingerprint density at radius 3 is 2.25 bits per heavy atom. The quantitative estimate of drug-likeness (QED) is 0.595. The predicted molar refractivity (Wildman–Crippen MR) is 70.6 cm³/mol. The first kappa shape index (κ1) is 17.2. The molecule has 1 unspecified atom stereocenters. The molecule has 0 aliphatic heterocycles. The topological polar surface area (TPSA) is 83.6 Å². The van der Waals surface area contributed by atoms with Crippen molar-refractivity contribution in [2.45, 2.75) is 31.8 Å². The number of nitrogens with two attached hydrogens (primary N) is 1. The Bertz CT molecular complexity index is 480. The van der Waals surface area contributed by atoms with Gasteiger partial charge in [-0.3, -0.25) is 9.59 Å². The first-order chi connectivity index (χ1) is 8.99. The van der Waals surface area contributed by atoms with E-state index in [0.717, 1.165) is 0 Å². The van der Waals surface area contributed by atoms with Gasteiger partial charge in [-0.25, -0.2) is 0 Å². The fourth-order valence-electron chi connectivity index (χ4n) is 2.55. The van der Waals surface area contributed by atoms with Crippen LogP contribution in [0.4, 0.5) is 0 Å². The van der Waals surface area contributed by atoms with Crippen molar-refractivity contribution in [1.29, 1.82) is 0 Å². The maximum absolute atomic E-state index is 12.1. The first-order valence-electron chi connectivity index (χ1n) is 6.33. The van der Waals surface area contributed by atoms with Gasteiger partial charge < -0.3 is 15.7 Å². The molecule has 102 valence electrons. The molecule has 0 bridgehead atoms. The van der Waals surface area contributed by atoms with Crippen LogP contribution in [-0.2, 0) is 22.4 Å². The molecule has 5 nitrogen and oxygen atoms in total. The molecule has 1 aliphatic rings. The number of amides is 1. The molecule has 0 heterocycles. The second-order valence-corrected chi connectivity index (χ2v) is 4.98. The minimum atomic E-state index is -1.01. The van der Waals surface area contributed by atoms with Crippen LogP contribution in [0, 0.1) is 0 Å². The summed E-state index contributed by atoms with van der Waals surface area (Å²) < 4.78 is 0. The van der Waals surface area contributed by atoms with Gasteiger partial charge >= 0.3 is 35.5 Å². The Balaban J connectivity index is 0.00000200. The van der Waals surface area contributed by atoms with E-state index in [1.165, 1.54) is 16.0 Å². The van der Waals surface area contributed by atoms with Crippen LogP contribution in [0.15, 0.2) is 24.3 Å². The second kappa shape index (κ2) is 7.22. The van der Waals surface area contributed by atoms with E-state index in [1.807, 2.05) is 24.3 Å². The van der Waals surface area contributed by atoms with E-state index < -0.39 is 12.0 Å². The number of rotatable bonds is 4. The molecule has 1 amide bonds. The van der Waals surface area contributed by atoms with Crippen LogP contribution in [0.2, 0.25) is 0 Å². The van der Waals surface area contributed by atoms with Crippen molar-refractivity contribution in [2.24, 2.45) is 5.73 Å². The van der Waals surface area contributed by atoms with Crippen molar-refractivity contribution in [2.75, 3.05) is 6.54 Å². The van der Waals surface area contributed by atoms with Crippen LogP contribution in [0.3, 0.4) is 0 Å². The summed E-state index contributed by atoms with van der Waals surface area (Å²) in [6, 6.07) is 7.16. The van der Waals surface area contributed by atoms with Gasteiger partial charge in [0.25, 0.3) is 0 Å². The van der Waals surface area contributed by atoms with Gasteiger partial charge in [-0.2, -0.15) is 0 Å². The van der Waals surface area contributed by atoms with Crippen molar-refractivity contribution < 1.29 is 44.3 Å². The summed E-state index contributed by atoms with van der Waals surface area (Å²) in [5.41, 5.74) is 7.96. The SMILES string of the molecule is CC(N)C(=O)N(CC(=O)O)C1Cc2ccccc2C1.[Na+]. The van der Waals surface area contributed by atoms with Gasteiger partial charge in [0.15, 0.2) is 0 Å². The van der Waals surface area contributed by atoms with E-state index in [1.54, 1.807) is 6.92 Å². The molecular weight excluding hydrogens is 267 g/mol. The summed E-state index contributed by atoms with van der Waals surface area (Å²) in [5, 5.41) is 8.96. The summed E-state index contributed by atoms with van der Waals surface area (Å²) in [5.74, 6) is -1.31. The van der Waals surface area contributed by atoms with Crippen LogP contribution >= 0.6 is 0 Å². The van der Waals surface area contributed by atoms with Crippen LogP contribution in [0.5, 0.6) is 0 Å². The van der Waals surface area contributed by atoms with Crippen LogP contribution in [-0.4, -0.2) is 40.5 Å². The molecule has 0 fully saturated rings. The number of carbonyl (C=O) groups excluding carboxylic acids is 1. The standard InChI is InChI=1S/C14H18N2O3.Na/c1-9(15)14(19)16(8-13(17)18)12-6-10-4-2-3-5-11(10)7-12;/h2-5,9,12H,6-8,15H2,1H3,(H,17,18);/q;+1. The first-order valence-corrected chi connectivity index (χ1v) is 6.33. The molecule has 0 saturated carbocycles. The number of fused-ring (bicyclic) bond motifs is 1. The smallest absolute Gasteiger partial charge is 0.480 e. The maximum Gasteiger partial charge on any atom is 1.00 e. The van der Waals surface area contributed by atoms with Crippen molar-refractivity contribution in [3.05, 3.63) is 35.4 Å². The predicted octanol–water partition coefficient (Wildman–Crippen LogP) is -2.58. The molecular formula is C14H18N2NaO3+. The summed E-state index contributed by atoms with van der Waals surface area (Å²) in [6.07, 6.45) is 1.39. The van der Waals surface area contributed by atoms with Gasteiger partial charge in [0.05, 0.1) is 6.04 Å². The zero-order valence-electron chi connectivity index (χ0n) is 11.9. The monoisotopic (exact) mass is 285 g/mol. The number of benzene rings is 1. The molecule has 0 spiro atoms. The normalized spacial score (nSPS) is 15.1. The molecule has 3 N–H and O–H groups in total. The molecule has 0 radical (unpaired) electrons. The number of nitrogens with zero attached hydrogens (tertiary/aromatic N) is 1. The van der Waals surface area contributed by atoms with Gasteiger partial charge in [-0.15, -0.1) is 0 Å². The van der Waals surface area contributed by atoms with Gasteiger partial charge in [0.2, 0.25) is 5.91 Å². The van der Waals surface area contributed by atoms with Gasteiger partial charge in [-0.05, 0) is 30.9 Å². The van der Waals surface area contributed by atoms with E-state index >= 15 is 0 Å². The molecule has 2 rings (SSSR count). The van der Waals surface area contributed by atoms with Crippen LogP contribution in [0.25, 0.3) is 0 Å². The number of carboxylic acids is 1. The third-order valence-electron chi connectivity index (χ3n) is 3.45. The molecule has 1 aliphatic carbocycles. The van der Waals surface area contributed by atoms with Gasteiger partial charge in [0.1, 0.15) is 6.54 Å². The van der Waals surface area contributed by atoms with Gasteiger partial charge in [-0.1, -0.05) is 24.3 Å². The fraction of sp³-hybridized carbons (Fsp3) is 0.429. The molecule has 0 saturated heterocycles. The summed E-state index contributed by atoms with van der Waals surface area (Å²) in [4.78, 5) is 24.4. The summed E-state index contributed by atoms with van der Waals surface area (Å²) >= 11 is 0. The Labute approximate surface area is 140 Å². The van der Waals surface area contributed by atoms with E-state index in [0.29, 0.717) is 12.8 Å². The largest absolute Gasteiger partial charge is 1.00 e. The molecule has 1 aromatic rings. The second-order valence-electron chi connectivity index (χ2n) is 4.98. The third kappa shape index (κ3) is 3.82. The summed E-state index contributed by atoms with van der Waals surface area (Å²) in [6.45, 7) is 1.29. The zero-order valence-corrected chi connectivity index (χ0v) is 13.9. The average molecular weight is 285 g/mol. The van der Waals surface area contributed by atoms with Crippen molar-refractivity contribution in [1.82, 2.24) is 4.90 Å². The molecule has 6 heteroatoms. The van der Waals surface area contributed by atoms with E-state index in [4.69, 9.17) is 10.8 Å². The number of hydrogen-bond donors (Lipinski definition) is 2. The minimum Gasteiger partial charge on any atom is -0.480 e. The van der Waals surface area contributed by atoms with Gasteiger partial charge in [0, 0.05) is 6.04 Å². The Kier molecular flexibility index (Phi) is 6.20. The maximum atomic E-state index is 12.1. The summed E-state index contributed by atoms with van der Waals surface area (Å²) in [7, 11) is 0. The molecule has 0 aromatic heterocycles. The zero-order chi connectivity index (χ0) is 14.0. The Hall–Kier alpha value is -0.880. The Morgan fingerprint density at radius 1 is 1.35 bits per heavy atom. The van der Waals surface area contributed by atoms with E-state index in [2.05, 4.69) is 0 Å². The fourth-order valence-corrected chi connectivity index (χ4v) is 2.55. The van der Waals surface area contributed by atoms with Crippen LogP contribution in [0.1, 0.15) is 18.1 Å². The number of hydrogen-bond acceptors (Lipinski definition) is 3. The van der Waals surface area contributed by atoms with E-state index in [9.17, 15) is 9.59 Å². The van der Waals surface area contributed by atoms with Crippen LogP contribution < -0.4 is 35.3 Å². The number of carbonyl (C=O) groups is 2. The number of aliphatic carboxylic acids is 1. The third-order valence-corrected chi connectivity index (χ3v) is 3.45. The van der Waals surface area contributed by atoms with Crippen molar-refractivity contribution in [3.8, 4) is 0 Å². The number of carboxylic acid groups (broad SMARTS) is 1. The molecule has 20 heavy (non-hydrogen) atoms. The van der Waals surface area contributed by atoms with E-state index in [-0.39, 0.29) is 48.1 Å². The van der Waals surface area contributed by atoms with Crippen molar-refractivity contribution in [3.63, 3.8) is 0 Å². The average Bonchev–Trinajstić information content (AvgIpc) is 2.78. The Morgan fingerprint density at radius 2 is 1.85 bits per heavy atom. The molecule has 1 atom stereocenters. The van der Waals surface area contributed by atoms with Crippen molar-refractivity contribution >= 4 is 11.9 Å².